The molecule has 1 fully saturated rings. The number of benzene rings is 1. The van der Waals surface area contributed by atoms with Crippen LogP contribution in [0.3, 0.4) is 0 Å². The van der Waals surface area contributed by atoms with E-state index < -0.39 is 9.84 Å². The van der Waals surface area contributed by atoms with E-state index in [1.54, 1.807) is 11.3 Å². The molecule has 0 N–H and O–H groups in total. The zero-order valence-corrected chi connectivity index (χ0v) is 16.1. The van der Waals surface area contributed by atoms with Gasteiger partial charge in [-0.05, 0) is 35.9 Å². The van der Waals surface area contributed by atoms with Crippen molar-refractivity contribution in [1.29, 1.82) is 0 Å². The van der Waals surface area contributed by atoms with E-state index in [1.807, 2.05) is 40.6 Å². The van der Waals surface area contributed by atoms with Crippen molar-refractivity contribution in [3.63, 3.8) is 0 Å². The Balaban J connectivity index is 1.52. The minimum Gasteiger partial charge on any atom is -0.311 e. The van der Waals surface area contributed by atoms with Crippen molar-refractivity contribution in [3.8, 4) is 0 Å². The topological polar surface area (TPSA) is 57.7 Å². The van der Waals surface area contributed by atoms with Gasteiger partial charge in [-0.15, -0.1) is 11.3 Å². The number of carbonyl (C=O) groups excluding carboxylic acids is 1. The fraction of sp³-hybridized carbons (Fsp3) is 0.421. The lowest BCUT2D eigenvalue weighted by molar-refractivity contribution is -0.120. The molecular weight excluding hydrogens is 368 g/mol. The molecular formula is C19H22N2O3S2. The van der Waals surface area contributed by atoms with Crippen LogP contribution >= 0.6 is 11.3 Å². The summed E-state index contributed by atoms with van der Waals surface area (Å²) in [6.07, 6.45) is 1.49. The maximum atomic E-state index is 13.0. The van der Waals surface area contributed by atoms with Gasteiger partial charge in [0.2, 0.25) is 5.91 Å². The number of nitrogens with zero attached hydrogens (tertiary/aromatic N) is 2. The lowest BCUT2D eigenvalue weighted by Gasteiger charge is -2.29. The highest BCUT2D eigenvalue weighted by atomic mass is 32.2. The number of anilines is 1. The Morgan fingerprint density at radius 3 is 2.81 bits per heavy atom. The maximum absolute atomic E-state index is 13.0. The summed E-state index contributed by atoms with van der Waals surface area (Å²) in [5, 5.41) is 2.01. The smallest absolute Gasteiger partial charge is 0.241 e. The quantitative estimate of drug-likeness (QED) is 0.786. The molecule has 0 saturated carbocycles. The fourth-order valence-corrected chi connectivity index (χ4v) is 6.33. The Morgan fingerprint density at radius 2 is 2.08 bits per heavy atom. The van der Waals surface area contributed by atoms with E-state index in [1.165, 1.54) is 5.56 Å². The molecule has 0 radical (unpaired) electrons. The van der Waals surface area contributed by atoms with Crippen LogP contribution in [0.15, 0.2) is 41.8 Å². The van der Waals surface area contributed by atoms with E-state index in [0.29, 0.717) is 19.5 Å². The number of para-hydroxylation sites is 1. The first-order valence-electron chi connectivity index (χ1n) is 8.87. The molecule has 138 valence electrons. The number of amides is 1. The van der Waals surface area contributed by atoms with E-state index >= 15 is 0 Å². The van der Waals surface area contributed by atoms with Gasteiger partial charge in [0.15, 0.2) is 9.84 Å². The highest BCUT2D eigenvalue weighted by Crippen LogP contribution is 2.28. The number of rotatable bonds is 5. The van der Waals surface area contributed by atoms with Crippen molar-refractivity contribution in [2.75, 3.05) is 29.5 Å². The summed E-state index contributed by atoms with van der Waals surface area (Å²) in [6, 6.07) is 12.0. The zero-order chi connectivity index (χ0) is 18.1. The molecule has 0 unspecified atom stereocenters. The van der Waals surface area contributed by atoms with Crippen LogP contribution in [0.25, 0.3) is 0 Å². The number of fused-ring (bicyclic) bond motifs is 1. The van der Waals surface area contributed by atoms with E-state index in [2.05, 4.69) is 11.0 Å². The molecule has 7 heteroatoms. The van der Waals surface area contributed by atoms with Gasteiger partial charge in [0.05, 0.1) is 18.1 Å². The molecule has 0 spiro atoms. The van der Waals surface area contributed by atoms with Gasteiger partial charge < -0.3 is 4.90 Å². The van der Waals surface area contributed by atoms with E-state index in [9.17, 15) is 13.2 Å². The largest absolute Gasteiger partial charge is 0.311 e. The van der Waals surface area contributed by atoms with E-state index in [0.717, 1.165) is 17.0 Å². The Bertz CT molecular complexity index is 893. The van der Waals surface area contributed by atoms with Gasteiger partial charge in [-0.2, -0.15) is 0 Å². The van der Waals surface area contributed by atoms with Crippen LogP contribution in [0, 0.1) is 0 Å². The van der Waals surface area contributed by atoms with Crippen molar-refractivity contribution in [3.05, 3.63) is 52.2 Å². The van der Waals surface area contributed by atoms with Crippen molar-refractivity contribution in [2.45, 2.75) is 25.4 Å². The monoisotopic (exact) mass is 390 g/mol. The molecule has 2 aliphatic rings. The van der Waals surface area contributed by atoms with E-state index in [4.69, 9.17) is 0 Å². The van der Waals surface area contributed by atoms with Gasteiger partial charge in [-0.25, -0.2) is 8.42 Å². The van der Waals surface area contributed by atoms with Gasteiger partial charge in [-0.3, -0.25) is 9.69 Å². The molecule has 1 atom stereocenters. The first-order valence-corrected chi connectivity index (χ1v) is 11.6. The first kappa shape index (κ1) is 17.7. The lowest BCUT2D eigenvalue weighted by Crippen LogP contribution is -2.44. The highest BCUT2D eigenvalue weighted by Gasteiger charge is 2.34. The van der Waals surface area contributed by atoms with Crippen LogP contribution in [0.1, 0.15) is 16.9 Å². The summed E-state index contributed by atoms with van der Waals surface area (Å²) >= 11 is 1.64. The van der Waals surface area contributed by atoms with Gasteiger partial charge in [-0.1, -0.05) is 24.3 Å². The highest BCUT2D eigenvalue weighted by molar-refractivity contribution is 7.91. The number of carbonyl (C=O) groups is 1. The molecule has 0 aliphatic carbocycles. The lowest BCUT2D eigenvalue weighted by atomic mass is 10.2. The van der Waals surface area contributed by atoms with Crippen molar-refractivity contribution in [2.24, 2.45) is 0 Å². The average molecular weight is 391 g/mol. The minimum absolute atomic E-state index is 0.0517. The van der Waals surface area contributed by atoms with Gasteiger partial charge in [0.1, 0.15) is 0 Å². The first-order chi connectivity index (χ1) is 12.5. The molecule has 5 nitrogen and oxygen atoms in total. The molecule has 0 bridgehead atoms. The Morgan fingerprint density at radius 1 is 1.23 bits per heavy atom. The molecule has 3 heterocycles. The predicted molar refractivity (Wildman–Crippen MR) is 104 cm³/mol. The van der Waals surface area contributed by atoms with Gasteiger partial charge in [0.25, 0.3) is 0 Å². The summed E-state index contributed by atoms with van der Waals surface area (Å²) in [5.74, 6) is 0.428. The second kappa shape index (κ2) is 7.13. The van der Waals surface area contributed by atoms with Crippen molar-refractivity contribution < 1.29 is 13.2 Å². The fourth-order valence-electron chi connectivity index (χ4n) is 3.84. The van der Waals surface area contributed by atoms with Crippen molar-refractivity contribution >= 4 is 32.8 Å². The van der Waals surface area contributed by atoms with Crippen LogP contribution < -0.4 is 4.90 Å². The Hall–Kier alpha value is -1.70. The average Bonchev–Trinajstić information content (AvgIpc) is 3.33. The normalized spacial score (nSPS) is 21.3. The summed E-state index contributed by atoms with van der Waals surface area (Å²) < 4.78 is 23.9. The Labute approximate surface area is 158 Å². The van der Waals surface area contributed by atoms with Crippen LogP contribution in [-0.2, 0) is 27.6 Å². The number of thiophene rings is 1. The molecule has 1 aromatic carbocycles. The zero-order valence-electron chi connectivity index (χ0n) is 14.5. The van der Waals surface area contributed by atoms with Crippen LogP contribution in [-0.4, -0.2) is 49.9 Å². The third kappa shape index (κ3) is 3.70. The summed E-state index contributed by atoms with van der Waals surface area (Å²) in [5.41, 5.74) is 2.20. The summed E-state index contributed by atoms with van der Waals surface area (Å²) in [6.45, 7) is 1.58. The molecule has 4 rings (SSSR count). The van der Waals surface area contributed by atoms with Crippen LogP contribution in [0.4, 0.5) is 5.69 Å². The molecule has 2 aliphatic heterocycles. The second-order valence-corrected chi connectivity index (χ2v) is 10.2. The maximum Gasteiger partial charge on any atom is 0.241 e. The van der Waals surface area contributed by atoms with Gasteiger partial charge >= 0.3 is 0 Å². The number of hydrogen-bond donors (Lipinski definition) is 0. The van der Waals surface area contributed by atoms with E-state index in [-0.39, 0.29) is 30.0 Å². The molecule has 26 heavy (non-hydrogen) atoms. The summed E-state index contributed by atoms with van der Waals surface area (Å²) in [4.78, 5) is 18.1. The van der Waals surface area contributed by atoms with Gasteiger partial charge in [0, 0.05) is 29.7 Å². The SMILES string of the molecule is O=C(CN(Cc1cccs1)[C@@H]1CCS(=O)(=O)C1)N1CCc2ccccc21. The number of hydrogen-bond acceptors (Lipinski definition) is 5. The van der Waals surface area contributed by atoms with Crippen LogP contribution in [0.5, 0.6) is 0 Å². The van der Waals surface area contributed by atoms with Crippen molar-refractivity contribution in [1.82, 2.24) is 4.90 Å². The molecule has 1 amide bonds. The molecule has 1 aromatic heterocycles. The second-order valence-electron chi connectivity index (χ2n) is 6.97. The number of sulfone groups is 1. The third-order valence-electron chi connectivity index (χ3n) is 5.19. The minimum atomic E-state index is -2.99. The molecule has 1 saturated heterocycles. The standard InChI is InChI=1S/C19H22N2O3S2/c22-19(21-9-7-15-4-1-2-6-18(15)21)13-20(12-17-5-3-10-25-17)16-8-11-26(23,24)14-16/h1-6,10,16H,7-9,11-14H2/t16-/m1/s1. The Kier molecular flexibility index (Phi) is 4.86. The summed E-state index contributed by atoms with van der Waals surface area (Å²) in [7, 11) is -2.99. The third-order valence-corrected chi connectivity index (χ3v) is 7.80. The predicted octanol–water partition coefficient (Wildman–Crippen LogP) is 2.33. The molecule has 2 aromatic rings. The van der Waals surface area contributed by atoms with Crippen LogP contribution in [0.2, 0.25) is 0 Å².